The lowest BCUT2D eigenvalue weighted by molar-refractivity contribution is -0.384. The second-order valence-electron chi connectivity index (χ2n) is 7.85. The highest BCUT2D eigenvalue weighted by molar-refractivity contribution is 6.11. The first-order chi connectivity index (χ1) is 16.3. The van der Waals surface area contributed by atoms with Gasteiger partial charge in [-0.1, -0.05) is 12.1 Å². The van der Waals surface area contributed by atoms with E-state index >= 15 is 0 Å². The maximum atomic E-state index is 13.9. The van der Waals surface area contributed by atoms with Crippen molar-refractivity contribution < 1.29 is 23.3 Å². The Morgan fingerprint density at radius 1 is 1.06 bits per heavy atom. The minimum Gasteiger partial charge on any atom is -0.450 e. The van der Waals surface area contributed by atoms with E-state index in [-0.39, 0.29) is 33.8 Å². The Labute approximate surface area is 191 Å². The molecule has 1 amide bonds. The van der Waals surface area contributed by atoms with Crippen LogP contribution in [0.25, 0.3) is 11.0 Å². The number of hydrogen-bond donors (Lipinski definition) is 0. The van der Waals surface area contributed by atoms with Gasteiger partial charge in [0.1, 0.15) is 11.4 Å². The molecule has 5 rings (SSSR count). The topological polar surface area (TPSA) is 111 Å². The maximum Gasteiger partial charge on any atom is 0.295 e. The van der Waals surface area contributed by atoms with E-state index in [9.17, 15) is 28.9 Å². The summed E-state index contributed by atoms with van der Waals surface area (Å²) in [6, 6.07) is 14.1. The zero-order valence-electron chi connectivity index (χ0n) is 17.7. The number of non-ortho nitro benzene ring substituents is 1. The molecule has 34 heavy (non-hydrogen) atoms. The number of anilines is 1. The van der Waals surface area contributed by atoms with Crippen LogP contribution >= 0.6 is 0 Å². The molecule has 0 saturated carbocycles. The van der Waals surface area contributed by atoms with Gasteiger partial charge in [0.2, 0.25) is 5.76 Å². The number of halogens is 1. The van der Waals surface area contributed by atoms with Gasteiger partial charge in [-0.05, 0) is 55.0 Å². The summed E-state index contributed by atoms with van der Waals surface area (Å²) in [4.78, 5) is 50.7. The molecule has 1 unspecified atom stereocenters. The predicted molar refractivity (Wildman–Crippen MR) is 121 cm³/mol. The van der Waals surface area contributed by atoms with E-state index in [4.69, 9.17) is 4.42 Å². The Hall–Kier alpha value is -4.66. The van der Waals surface area contributed by atoms with Crippen LogP contribution in [0.5, 0.6) is 0 Å². The average molecular weight is 458 g/mol. The number of Topliss-reactive ketones (excluding diaryl/α,β-unsaturated/α-hetero) is 1. The van der Waals surface area contributed by atoms with Crippen molar-refractivity contribution in [3.05, 3.63) is 115 Å². The van der Waals surface area contributed by atoms with Crippen LogP contribution in [0.2, 0.25) is 0 Å². The van der Waals surface area contributed by atoms with Gasteiger partial charge in [-0.2, -0.15) is 0 Å². The van der Waals surface area contributed by atoms with Crippen molar-refractivity contribution in [2.24, 2.45) is 0 Å². The fourth-order valence-corrected chi connectivity index (χ4v) is 4.19. The number of benzene rings is 3. The second-order valence-corrected chi connectivity index (χ2v) is 7.85. The third kappa shape index (κ3) is 3.25. The Morgan fingerprint density at radius 3 is 2.47 bits per heavy atom. The highest BCUT2D eigenvalue weighted by Gasteiger charge is 2.44. The van der Waals surface area contributed by atoms with E-state index in [2.05, 4.69) is 0 Å². The van der Waals surface area contributed by atoms with Crippen LogP contribution in [-0.4, -0.2) is 16.6 Å². The Morgan fingerprint density at radius 2 is 1.79 bits per heavy atom. The largest absolute Gasteiger partial charge is 0.450 e. The molecule has 0 radical (unpaired) electrons. The van der Waals surface area contributed by atoms with E-state index < -0.39 is 28.1 Å². The molecule has 9 heteroatoms. The average Bonchev–Trinajstić information content (AvgIpc) is 3.12. The Bertz CT molecular complexity index is 1580. The minimum atomic E-state index is -1.06. The van der Waals surface area contributed by atoms with E-state index in [1.54, 1.807) is 30.3 Å². The SMILES string of the molecule is CC(=O)c1ccc(N2C(=O)c3oc4ccc(F)cc4c(=O)c3C2c2cccc([N+](=O)[O-])c2)cc1. The number of hydrogen-bond acceptors (Lipinski definition) is 6. The van der Waals surface area contributed by atoms with E-state index in [0.29, 0.717) is 16.8 Å². The van der Waals surface area contributed by atoms with Crippen molar-refractivity contribution in [2.45, 2.75) is 13.0 Å². The van der Waals surface area contributed by atoms with Gasteiger partial charge in [0.25, 0.3) is 11.6 Å². The van der Waals surface area contributed by atoms with Gasteiger partial charge in [-0.3, -0.25) is 29.4 Å². The van der Waals surface area contributed by atoms with Crippen molar-refractivity contribution in [3.63, 3.8) is 0 Å². The number of nitro groups is 1. The van der Waals surface area contributed by atoms with Gasteiger partial charge >= 0.3 is 0 Å². The lowest BCUT2D eigenvalue weighted by atomic mass is 9.97. The molecule has 168 valence electrons. The van der Waals surface area contributed by atoms with E-state index in [0.717, 1.165) is 12.1 Å². The van der Waals surface area contributed by atoms with Crippen molar-refractivity contribution in [1.29, 1.82) is 0 Å². The molecule has 0 bridgehead atoms. The summed E-state index contributed by atoms with van der Waals surface area (Å²) in [6.45, 7) is 1.41. The number of fused-ring (bicyclic) bond motifs is 2. The summed E-state index contributed by atoms with van der Waals surface area (Å²) in [5.41, 5.74) is 0.261. The molecule has 1 aliphatic heterocycles. The smallest absolute Gasteiger partial charge is 0.295 e. The molecule has 0 N–H and O–H groups in total. The van der Waals surface area contributed by atoms with Crippen LogP contribution < -0.4 is 10.3 Å². The first kappa shape index (κ1) is 21.2. The number of carbonyl (C=O) groups is 2. The van der Waals surface area contributed by atoms with Gasteiger partial charge in [-0.15, -0.1) is 0 Å². The van der Waals surface area contributed by atoms with Gasteiger partial charge in [0.15, 0.2) is 11.2 Å². The summed E-state index contributed by atoms with van der Waals surface area (Å²) >= 11 is 0. The van der Waals surface area contributed by atoms with Crippen LogP contribution in [0.15, 0.2) is 75.9 Å². The summed E-state index contributed by atoms with van der Waals surface area (Å²) in [5, 5.41) is 11.3. The van der Waals surface area contributed by atoms with Gasteiger partial charge in [-0.25, -0.2) is 4.39 Å². The molecule has 3 aromatic carbocycles. The molecule has 0 saturated heterocycles. The number of rotatable bonds is 4. The fraction of sp³-hybridized carbons (Fsp3) is 0.0800. The summed E-state index contributed by atoms with van der Waals surface area (Å²) in [5.74, 6) is -1.67. The first-order valence-electron chi connectivity index (χ1n) is 10.2. The molecule has 1 atom stereocenters. The highest BCUT2D eigenvalue weighted by atomic mass is 19.1. The van der Waals surface area contributed by atoms with Crippen LogP contribution in [0.4, 0.5) is 15.8 Å². The fourth-order valence-electron chi connectivity index (χ4n) is 4.19. The quantitative estimate of drug-likeness (QED) is 0.247. The Balaban J connectivity index is 1.79. The van der Waals surface area contributed by atoms with Gasteiger partial charge in [0, 0.05) is 23.4 Å². The minimum absolute atomic E-state index is 0.0424. The lowest BCUT2D eigenvalue weighted by Gasteiger charge is -2.25. The molecule has 8 nitrogen and oxygen atoms in total. The van der Waals surface area contributed by atoms with Crippen molar-refractivity contribution in [2.75, 3.05) is 4.90 Å². The monoisotopic (exact) mass is 458 g/mol. The predicted octanol–water partition coefficient (Wildman–Crippen LogP) is 4.79. The third-order valence-electron chi connectivity index (χ3n) is 5.78. The van der Waals surface area contributed by atoms with Gasteiger partial charge < -0.3 is 4.42 Å². The van der Waals surface area contributed by atoms with Gasteiger partial charge in [0.05, 0.1) is 21.9 Å². The first-order valence-corrected chi connectivity index (χ1v) is 10.2. The van der Waals surface area contributed by atoms with E-state index in [1.807, 2.05) is 0 Å². The van der Waals surface area contributed by atoms with Crippen LogP contribution in [-0.2, 0) is 0 Å². The molecule has 2 heterocycles. The van der Waals surface area contributed by atoms with Crippen LogP contribution in [0, 0.1) is 15.9 Å². The van der Waals surface area contributed by atoms with E-state index in [1.165, 1.54) is 36.1 Å². The molecule has 4 aromatic rings. The van der Waals surface area contributed by atoms with Crippen molar-refractivity contribution in [1.82, 2.24) is 0 Å². The molecule has 0 fully saturated rings. The number of amides is 1. The van der Waals surface area contributed by atoms with Crippen LogP contribution in [0.1, 0.15) is 45.0 Å². The summed E-state index contributed by atoms with van der Waals surface area (Å²) in [6.07, 6.45) is 0. The normalized spacial score (nSPS) is 14.9. The number of nitro benzene ring substituents is 1. The zero-order chi connectivity index (χ0) is 24.1. The second kappa shape index (κ2) is 7.73. The maximum absolute atomic E-state index is 13.9. The summed E-state index contributed by atoms with van der Waals surface area (Å²) < 4.78 is 19.6. The van der Waals surface area contributed by atoms with Crippen LogP contribution in [0.3, 0.4) is 0 Å². The number of nitrogens with zero attached hydrogens (tertiary/aromatic N) is 2. The van der Waals surface area contributed by atoms with Crippen molar-refractivity contribution in [3.8, 4) is 0 Å². The highest BCUT2D eigenvalue weighted by Crippen LogP contribution is 2.42. The molecular weight excluding hydrogens is 443 g/mol. The molecule has 0 spiro atoms. The molecular formula is C25H15FN2O6. The molecule has 1 aliphatic rings. The third-order valence-corrected chi connectivity index (χ3v) is 5.78. The molecule has 1 aromatic heterocycles. The Kier molecular flexibility index (Phi) is 4.82. The number of ketones is 1. The summed E-state index contributed by atoms with van der Waals surface area (Å²) in [7, 11) is 0. The number of carbonyl (C=O) groups excluding carboxylic acids is 2. The van der Waals surface area contributed by atoms with Crippen molar-refractivity contribution >= 4 is 34.0 Å². The lowest BCUT2D eigenvalue weighted by Crippen LogP contribution is -2.29. The standard InChI is InChI=1S/C25H15FN2O6/c1-13(29)14-5-8-17(9-6-14)27-22(15-3-2-4-18(11-15)28(32)33)21-23(30)19-12-16(26)7-10-20(19)34-24(21)25(27)31/h2-12,22H,1H3. The zero-order valence-corrected chi connectivity index (χ0v) is 17.7. The molecule has 0 aliphatic carbocycles.